The Balaban J connectivity index is 1.59. The lowest BCUT2D eigenvalue weighted by Crippen LogP contribution is -2.48. The van der Waals surface area contributed by atoms with Gasteiger partial charge < -0.3 is 4.90 Å². The van der Waals surface area contributed by atoms with E-state index < -0.39 is 0 Å². The average Bonchev–Trinajstić information content (AvgIpc) is 2.50. The Morgan fingerprint density at radius 3 is 2.64 bits per heavy atom. The van der Waals surface area contributed by atoms with Crippen LogP contribution in [-0.2, 0) is 6.54 Å². The molecule has 0 bridgehead atoms. The Labute approximate surface area is 133 Å². The maximum Gasteiger partial charge on any atom is 0.272 e. The fourth-order valence-electron chi connectivity index (χ4n) is 3.34. The number of carbonyl (C=O) groups is 1. The van der Waals surface area contributed by atoms with Crippen LogP contribution < -0.4 is 0 Å². The van der Waals surface area contributed by atoms with E-state index in [-0.39, 0.29) is 5.91 Å². The molecular formula is C18H27N3O. The molecule has 2 saturated heterocycles. The number of hydrogen-bond acceptors (Lipinski definition) is 3. The molecular weight excluding hydrogens is 274 g/mol. The van der Waals surface area contributed by atoms with Gasteiger partial charge in [0.2, 0.25) is 0 Å². The molecule has 0 aromatic carbocycles. The number of rotatable bonds is 4. The Hall–Kier alpha value is -1.42. The first-order valence-corrected chi connectivity index (χ1v) is 8.61. The Morgan fingerprint density at radius 2 is 1.95 bits per heavy atom. The smallest absolute Gasteiger partial charge is 0.272 e. The zero-order valence-corrected chi connectivity index (χ0v) is 13.8. The minimum atomic E-state index is 0.102. The van der Waals surface area contributed by atoms with Crippen molar-refractivity contribution in [3.8, 4) is 0 Å². The number of hydrogen-bond donors (Lipinski definition) is 0. The van der Waals surface area contributed by atoms with Gasteiger partial charge in [-0.25, -0.2) is 4.98 Å². The highest BCUT2D eigenvalue weighted by Gasteiger charge is 2.29. The van der Waals surface area contributed by atoms with Crippen LogP contribution in [-0.4, -0.2) is 46.9 Å². The van der Waals surface area contributed by atoms with Gasteiger partial charge in [-0.15, -0.1) is 0 Å². The normalized spacial score (nSPS) is 20.2. The van der Waals surface area contributed by atoms with Crippen molar-refractivity contribution >= 4 is 5.91 Å². The lowest BCUT2D eigenvalue weighted by Gasteiger charge is -2.41. The van der Waals surface area contributed by atoms with Crippen LogP contribution in [0.25, 0.3) is 0 Å². The first-order chi connectivity index (χ1) is 10.6. The number of carbonyl (C=O) groups excluding carboxylic acids is 1. The number of likely N-dealkylation sites (tertiary alicyclic amines) is 2. The third-order valence-corrected chi connectivity index (χ3v) is 4.98. The number of amides is 1. The molecule has 1 aromatic heterocycles. The monoisotopic (exact) mass is 301 g/mol. The summed E-state index contributed by atoms with van der Waals surface area (Å²) in [7, 11) is 0. The van der Waals surface area contributed by atoms with Crippen LogP contribution in [0.5, 0.6) is 0 Å². The summed E-state index contributed by atoms with van der Waals surface area (Å²) in [6, 6.07) is 5.86. The summed E-state index contributed by atoms with van der Waals surface area (Å²) in [6.07, 6.45) is 3.48. The Morgan fingerprint density at radius 1 is 1.23 bits per heavy atom. The third kappa shape index (κ3) is 3.49. The number of pyridine rings is 1. The number of piperidine rings is 1. The molecule has 1 amide bonds. The number of aromatic nitrogens is 1. The Kier molecular flexibility index (Phi) is 4.77. The second kappa shape index (κ2) is 6.78. The molecule has 0 unspecified atom stereocenters. The molecule has 4 heteroatoms. The zero-order chi connectivity index (χ0) is 15.5. The highest BCUT2D eigenvalue weighted by atomic mass is 16.2. The van der Waals surface area contributed by atoms with Crippen molar-refractivity contribution in [2.24, 2.45) is 11.8 Å². The first-order valence-electron chi connectivity index (χ1n) is 8.61. The predicted octanol–water partition coefficient (Wildman–Crippen LogP) is 2.80. The van der Waals surface area contributed by atoms with Crippen molar-refractivity contribution < 1.29 is 4.79 Å². The second-order valence-corrected chi connectivity index (χ2v) is 7.07. The molecule has 3 rings (SSSR count). The van der Waals surface area contributed by atoms with Crippen molar-refractivity contribution in [3.63, 3.8) is 0 Å². The quantitative estimate of drug-likeness (QED) is 0.858. The van der Waals surface area contributed by atoms with Gasteiger partial charge in [-0.3, -0.25) is 9.69 Å². The van der Waals surface area contributed by atoms with Crippen molar-refractivity contribution in [2.45, 2.75) is 39.7 Å². The molecule has 0 N–H and O–H groups in total. The molecule has 2 aliphatic heterocycles. The van der Waals surface area contributed by atoms with Crippen LogP contribution in [0.1, 0.15) is 49.3 Å². The summed E-state index contributed by atoms with van der Waals surface area (Å²) in [5.74, 6) is 1.68. The third-order valence-electron chi connectivity index (χ3n) is 4.98. The molecule has 3 heterocycles. The van der Waals surface area contributed by atoms with Crippen LogP contribution in [0.2, 0.25) is 0 Å². The van der Waals surface area contributed by atoms with Crippen LogP contribution in [0, 0.1) is 11.8 Å². The van der Waals surface area contributed by atoms with Gasteiger partial charge >= 0.3 is 0 Å². The zero-order valence-electron chi connectivity index (χ0n) is 13.8. The second-order valence-electron chi connectivity index (χ2n) is 7.07. The molecule has 0 atom stereocenters. The topological polar surface area (TPSA) is 36.4 Å². The van der Waals surface area contributed by atoms with Gasteiger partial charge in [0.05, 0.1) is 5.69 Å². The van der Waals surface area contributed by atoms with Gasteiger partial charge in [-0.05, 0) is 43.2 Å². The van der Waals surface area contributed by atoms with Gasteiger partial charge in [0.1, 0.15) is 5.69 Å². The highest BCUT2D eigenvalue weighted by molar-refractivity contribution is 5.92. The van der Waals surface area contributed by atoms with Gasteiger partial charge in [0.25, 0.3) is 5.91 Å². The Bertz CT molecular complexity index is 517. The summed E-state index contributed by atoms with van der Waals surface area (Å²) in [5.41, 5.74) is 1.63. The summed E-state index contributed by atoms with van der Waals surface area (Å²) in [6.45, 7) is 9.52. The van der Waals surface area contributed by atoms with Crippen LogP contribution >= 0.6 is 0 Å². The lowest BCUT2D eigenvalue weighted by atomic mass is 9.88. The fraction of sp³-hybridized carbons (Fsp3) is 0.667. The van der Waals surface area contributed by atoms with E-state index in [9.17, 15) is 4.79 Å². The molecule has 1 aromatic rings. The SMILES string of the molecule is CC(C)C1CN(Cc2cccc(C(=O)N3CCCCC3)n2)C1. The standard InChI is InChI=1S/C18H27N3O/c1-14(2)15-11-20(12-15)13-16-7-6-8-17(19-16)18(22)21-9-4-3-5-10-21/h6-8,14-15H,3-5,9-13H2,1-2H3. The van der Waals surface area contributed by atoms with Crippen LogP contribution in [0.3, 0.4) is 0 Å². The van der Waals surface area contributed by atoms with E-state index in [0.717, 1.165) is 63.1 Å². The summed E-state index contributed by atoms with van der Waals surface area (Å²) in [4.78, 5) is 21.5. The van der Waals surface area contributed by atoms with Gasteiger partial charge in [0, 0.05) is 32.7 Å². The van der Waals surface area contributed by atoms with E-state index in [0.29, 0.717) is 5.69 Å². The minimum absolute atomic E-state index is 0.102. The van der Waals surface area contributed by atoms with E-state index in [2.05, 4.69) is 23.7 Å². The molecule has 2 aliphatic rings. The summed E-state index contributed by atoms with van der Waals surface area (Å²) < 4.78 is 0. The molecule has 22 heavy (non-hydrogen) atoms. The molecule has 4 nitrogen and oxygen atoms in total. The summed E-state index contributed by atoms with van der Waals surface area (Å²) in [5, 5.41) is 0. The van der Waals surface area contributed by atoms with Gasteiger partial charge in [-0.1, -0.05) is 19.9 Å². The maximum atomic E-state index is 12.5. The molecule has 0 radical (unpaired) electrons. The average molecular weight is 301 g/mol. The highest BCUT2D eigenvalue weighted by Crippen LogP contribution is 2.24. The molecule has 2 fully saturated rings. The molecule has 0 aliphatic carbocycles. The lowest BCUT2D eigenvalue weighted by molar-refractivity contribution is 0.0599. The van der Waals surface area contributed by atoms with Crippen LogP contribution in [0.4, 0.5) is 0 Å². The molecule has 0 saturated carbocycles. The largest absolute Gasteiger partial charge is 0.337 e. The predicted molar refractivity (Wildman–Crippen MR) is 87.6 cm³/mol. The van der Waals surface area contributed by atoms with E-state index in [1.165, 1.54) is 6.42 Å². The molecule has 0 spiro atoms. The summed E-state index contributed by atoms with van der Waals surface area (Å²) >= 11 is 0. The van der Waals surface area contributed by atoms with Crippen molar-refractivity contribution in [1.29, 1.82) is 0 Å². The van der Waals surface area contributed by atoms with E-state index in [1.807, 2.05) is 23.1 Å². The van der Waals surface area contributed by atoms with E-state index in [4.69, 9.17) is 0 Å². The number of nitrogens with zero attached hydrogens (tertiary/aromatic N) is 3. The van der Waals surface area contributed by atoms with Crippen molar-refractivity contribution in [1.82, 2.24) is 14.8 Å². The minimum Gasteiger partial charge on any atom is -0.337 e. The first kappa shape index (κ1) is 15.5. The fourth-order valence-corrected chi connectivity index (χ4v) is 3.34. The van der Waals surface area contributed by atoms with Gasteiger partial charge in [0.15, 0.2) is 0 Å². The van der Waals surface area contributed by atoms with Crippen LogP contribution in [0.15, 0.2) is 18.2 Å². The van der Waals surface area contributed by atoms with E-state index in [1.54, 1.807) is 0 Å². The maximum absolute atomic E-state index is 12.5. The van der Waals surface area contributed by atoms with Crippen molar-refractivity contribution in [3.05, 3.63) is 29.6 Å². The van der Waals surface area contributed by atoms with E-state index >= 15 is 0 Å². The molecule has 120 valence electrons. The van der Waals surface area contributed by atoms with Crippen molar-refractivity contribution in [2.75, 3.05) is 26.2 Å². The van der Waals surface area contributed by atoms with Gasteiger partial charge in [-0.2, -0.15) is 0 Å².